The third-order valence-electron chi connectivity index (χ3n) is 4.50. The first-order chi connectivity index (χ1) is 15.9. The molecule has 3 rings (SSSR count). The number of nitrogens with one attached hydrogen (secondary N) is 1. The summed E-state index contributed by atoms with van der Waals surface area (Å²) in [7, 11) is 0. The van der Waals surface area contributed by atoms with E-state index in [-0.39, 0.29) is 17.9 Å². The van der Waals surface area contributed by atoms with Crippen LogP contribution in [0, 0.1) is 22.0 Å². The van der Waals surface area contributed by atoms with Gasteiger partial charge in [-0.2, -0.15) is 28.1 Å². The molecule has 0 saturated heterocycles. The normalized spacial score (nSPS) is 11.6. The highest BCUT2D eigenvalue weighted by atomic mass is 19.4. The van der Waals surface area contributed by atoms with Crippen molar-refractivity contribution in [1.82, 2.24) is 15.4 Å². The fourth-order valence-electron chi connectivity index (χ4n) is 3.05. The zero-order valence-corrected chi connectivity index (χ0v) is 18.6. The lowest BCUT2D eigenvalue weighted by Gasteiger charge is -2.31. The highest BCUT2D eigenvalue weighted by molar-refractivity contribution is 5.95. The number of hydrogen-bond donors (Lipinski definition) is 1. The average Bonchev–Trinajstić information content (AvgIpc) is 2.77. The summed E-state index contributed by atoms with van der Waals surface area (Å²) in [5.74, 6) is -1.52. The molecular weight excluding hydrogens is 449 g/mol. The average molecular weight is 470 g/mol. The molecule has 1 aromatic carbocycles. The molecule has 2 aromatic heterocycles. The summed E-state index contributed by atoms with van der Waals surface area (Å²) in [5.41, 5.74) is 2.44. The number of benzene rings is 1. The number of halogens is 3. The van der Waals surface area contributed by atoms with Gasteiger partial charge < -0.3 is 5.21 Å². The smallest absolute Gasteiger partial charge is 0.433 e. The lowest BCUT2D eigenvalue weighted by Crippen LogP contribution is -2.47. The maximum Gasteiger partial charge on any atom is 0.433 e. The molecule has 0 aliphatic heterocycles. The molecule has 176 valence electrons. The standard InChI is InChI=1S/C23H21F3N6O2/c1-22(2,3)14-32(20-11-18(23(24,25)26)28-19(12-27)29-20)30-21(33)16-8-6-15(7-9-16)17-5-4-10-31(34)13-17/h4-11,13H,14H2,1-3H3,(H,30,33). The number of carbonyl (C=O) groups excluding carboxylic acids is 1. The van der Waals surface area contributed by atoms with Crippen molar-refractivity contribution in [3.05, 3.63) is 77.1 Å². The first-order valence-corrected chi connectivity index (χ1v) is 10.1. The quantitative estimate of drug-likeness (QED) is 0.345. The van der Waals surface area contributed by atoms with E-state index in [2.05, 4.69) is 15.4 Å². The van der Waals surface area contributed by atoms with Gasteiger partial charge in [-0.1, -0.05) is 32.9 Å². The predicted octanol–water partition coefficient (Wildman–Crippen LogP) is 3.86. The highest BCUT2D eigenvalue weighted by Gasteiger charge is 2.35. The largest absolute Gasteiger partial charge is 0.619 e. The van der Waals surface area contributed by atoms with Crippen molar-refractivity contribution in [1.29, 1.82) is 5.26 Å². The Balaban J connectivity index is 1.91. The Bertz CT molecular complexity index is 1230. The summed E-state index contributed by atoms with van der Waals surface area (Å²) in [6.07, 6.45) is -2.05. The van der Waals surface area contributed by atoms with Gasteiger partial charge in [0.2, 0.25) is 5.82 Å². The van der Waals surface area contributed by atoms with E-state index in [1.807, 2.05) is 20.8 Å². The molecule has 0 saturated carbocycles. The second-order valence-electron chi connectivity index (χ2n) is 8.66. The number of amides is 1. The van der Waals surface area contributed by atoms with Crippen molar-refractivity contribution in [3.8, 4) is 17.2 Å². The number of nitriles is 1. The fourth-order valence-corrected chi connectivity index (χ4v) is 3.05. The molecule has 1 amide bonds. The number of alkyl halides is 3. The number of aromatic nitrogens is 3. The topological polar surface area (TPSA) is 109 Å². The van der Waals surface area contributed by atoms with E-state index in [0.29, 0.717) is 21.9 Å². The van der Waals surface area contributed by atoms with Gasteiger partial charge in [0.05, 0.1) is 0 Å². The van der Waals surface area contributed by atoms with E-state index in [4.69, 9.17) is 5.26 Å². The van der Waals surface area contributed by atoms with Crippen LogP contribution in [0.15, 0.2) is 54.9 Å². The molecule has 0 bridgehead atoms. The van der Waals surface area contributed by atoms with Crippen molar-refractivity contribution >= 4 is 11.7 Å². The van der Waals surface area contributed by atoms with Crippen LogP contribution in [0.3, 0.4) is 0 Å². The maximum absolute atomic E-state index is 13.3. The summed E-state index contributed by atoms with van der Waals surface area (Å²) in [5, 5.41) is 21.8. The number of pyridine rings is 1. The Labute approximate surface area is 193 Å². The molecule has 3 aromatic rings. The molecule has 0 aliphatic carbocycles. The zero-order chi connectivity index (χ0) is 25.1. The van der Waals surface area contributed by atoms with Gasteiger partial charge in [0.25, 0.3) is 5.91 Å². The van der Waals surface area contributed by atoms with Crippen molar-refractivity contribution in [2.45, 2.75) is 26.9 Å². The molecule has 11 heteroatoms. The molecule has 0 atom stereocenters. The number of anilines is 1. The van der Waals surface area contributed by atoms with E-state index < -0.39 is 29.0 Å². The van der Waals surface area contributed by atoms with Gasteiger partial charge >= 0.3 is 6.18 Å². The summed E-state index contributed by atoms with van der Waals surface area (Å²) >= 11 is 0. The monoisotopic (exact) mass is 470 g/mol. The van der Waals surface area contributed by atoms with Crippen LogP contribution in [0.1, 0.15) is 42.6 Å². The summed E-state index contributed by atoms with van der Waals surface area (Å²) in [6, 6.07) is 11.9. The number of rotatable bonds is 5. The molecule has 2 heterocycles. The van der Waals surface area contributed by atoms with E-state index in [1.54, 1.807) is 24.3 Å². The van der Waals surface area contributed by atoms with Gasteiger partial charge in [-0.25, -0.2) is 4.98 Å². The molecule has 0 spiro atoms. The van der Waals surface area contributed by atoms with Crippen LogP contribution >= 0.6 is 0 Å². The molecule has 34 heavy (non-hydrogen) atoms. The molecule has 1 N–H and O–H groups in total. The van der Waals surface area contributed by atoms with E-state index in [0.717, 1.165) is 0 Å². The van der Waals surface area contributed by atoms with Crippen LogP contribution in [0.5, 0.6) is 0 Å². The summed E-state index contributed by atoms with van der Waals surface area (Å²) in [6.45, 7) is 5.60. The van der Waals surface area contributed by atoms with Crippen LogP contribution in [0.25, 0.3) is 11.1 Å². The third kappa shape index (κ3) is 6.19. The van der Waals surface area contributed by atoms with E-state index in [9.17, 15) is 23.2 Å². The fraction of sp³-hybridized carbons (Fsp3) is 0.261. The van der Waals surface area contributed by atoms with Crippen LogP contribution in [0.4, 0.5) is 19.0 Å². The minimum absolute atomic E-state index is 0.101. The van der Waals surface area contributed by atoms with Crippen LogP contribution in [-0.4, -0.2) is 22.4 Å². The Kier molecular flexibility index (Phi) is 6.72. The number of nitrogens with zero attached hydrogens (tertiary/aromatic N) is 5. The minimum atomic E-state index is -4.80. The van der Waals surface area contributed by atoms with Gasteiger partial charge in [0.1, 0.15) is 6.07 Å². The number of carbonyl (C=O) groups is 1. The number of hydrazine groups is 1. The van der Waals surface area contributed by atoms with Gasteiger partial charge in [-0.3, -0.25) is 15.2 Å². The molecule has 0 unspecified atom stereocenters. The SMILES string of the molecule is CC(C)(C)CN(NC(=O)c1ccc(-c2ccc[n+]([O-])c2)cc1)c1cc(C(F)(F)F)nc(C#N)n1. The van der Waals surface area contributed by atoms with Crippen LogP contribution < -0.4 is 15.2 Å². The summed E-state index contributed by atoms with van der Waals surface area (Å²) in [4.78, 5) is 20.0. The third-order valence-corrected chi connectivity index (χ3v) is 4.50. The van der Waals surface area contributed by atoms with Crippen LogP contribution in [0.2, 0.25) is 0 Å². The second-order valence-corrected chi connectivity index (χ2v) is 8.66. The minimum Gasteiger partial charge on any atom is -0.619 e. The Hall–Kier alpha value is -4.20. The zero-order valence-electron chi connectivity index (χ0n) is 18.6. The molecule has 8 nitrogen and oxygen atoms in total. The Morgan fingerprint density at radius 1 is 1.15 bits per heavy atom. The Morgan fingerprint density at radius 2 is 1.82 bits per heavy atom. The highest BCUT2D eigenvalue weighted by Crippen LogP contribution is 2.30. The van der Waals surface area contributed by atoms with Crippen molar-refractivity contribution in [2.24, 2.45) is 5.41 Å². The molecule has 0 aliphatic rings. The van der Waals surface area contributed by atoms with Gasteiger partial charge in [-0.05, 0) is 29.2 Å². The lowest BCUT2D eigenvalue weighted by atomic mass is 9.96. The molecule has 0 radical (unpaired) electrons. The number of hydrogen-bond acceptors (Lipinski definition) is 6. The lowest BCUT2D eigenvalue weighted by molar-refractivity contribution is -0.604. The van der Waals surface area contributed by atoms with Gasteiger partial charge in [0.15, 0.2) is 23.9 Å². The molecule has 0 fully saturated rings. The van der Waals surface area contributed by atoms with Crippen molar-refractivity contribution in [3.63, 3.8) is 0 Å². The van der Waals surface area contributed by atoms with E-state index >= 15 is 0 Å². The first kappa shape index (κ1) is 24.4. The van der Waals surface area contributed by atoms with Crippen molar-refractivity contribution < 1.29 is 22.7 Å². The predicted molar refractivity (Wildman–Crippen MR) is 117 cm³/mol. The van der Waals surface area contributed by atoms with Gasteiger partial charge in [-0.15, -0.1) is 0 Å². The van der Waals surface area contributed by atoms with Crippen LogP contribution in [-0.2, 0) is 6.18 Å². The summed E-state index contributed by atoms with van der Waals surface area (Å²) < 4.78 is 40.5. The second kappa shape index (κ2) is 9.35. The first-order valence-electron chi connectivity index (χ1n) is 10.1. The molecular formula is C23H21F3N6O2. The Morgan fingerprint density at radius 3 is 2.38 bits per heavy atom. The van der Waals surface area contributed by atoms with E-state index in [1.165, 1.54) is 35.6 Å². The van der Waals surface area contributed by atoms with Crippen molar-refractivity contribution in [2.75, 3.05) is 11.6 Å². The van der Waals surface area contributed by atoms with Gasteiger partial charge in [0, 0.05) is 29.8 Å². The maximum atomic E-state index is 13.3.